The Morgan fingerprint density at radius 1 is 0.912 bits per heavy atom. The standard InChI is InChI=1S/C25H20BrCl2N5O/c26-17-5-3-4-16(14-17)23-29-21-7-2-1-6-19(21)24(31-23)32-10-12-33(13-11-32)25(34)30-22-9-8-18(27)15-20(22)28/h1-9,14-15H,10-13H2,(H,30,34). The summed E-state index contributed by atoms with van der Waals surface area (Å²) in [6, 6.07) is 20.8. The summed E-state index contributed by atoms with van der Waals surface area (Å²) >= 11 is 15.7. The van der Waals surface area contributed by atoms with Gasteiger partial charge in [0.2, 0.25) is 0 Å². The largest absolute Gasteiger partial charge is 0.352 e. The quantitative estimate of drug-likeness (QED) is 0.304. The molecule has 0 spiro atoms. The molecule has 3 aromatic carbocycles. The lowest BCUT2D eigenvalue weighted by Gasteiger charge is -2.36. The molecule has 0 atom stereocenters. The van der Waals surface area contributed by atoms with Crippen LogP contribution in [0, 0.1) is 0 Å². The molecule has 34 heavy (non-hydrogen) atoms. The first-order valence-electron chi connectivity index (χ1n) is 10.8. The number of aromatic nitrogens is 2. The number of halogens is 3. The van der Waals surface area contributed by atoms with Crippen molar-refractivity contribution >= 4 is 67.6 Å². The highest BCUT2D eigenvalue weighted by atomic mass is 79.9. The smallest absolute Gasteiger partial charge is 0.322 e. The molecule has 1 aliphatic heterocycles. The van der Waals surface area contributed by atoms with E-state index < -0.39 is 0 Å². The van der Waals surface area contributed by atoms with Gasteiger partial charge in [-0.15, -0.1) is 0 Å². The average molecular weight is 557 g/mol. The molecule has 0 aliphatic carbocycles. The Bertz CT molecular complexity index is 1370. The second-order valence-electron chi connectivity index (χ2n) is 7.93. The second-order valence-corrected chi connectivity index (χ2v) is 9.69. The third-order valence-corrected chi connectivity index (χ3v) is 6.75. The van der Waals surface area contributed by atoms with Gasteiger partial charge in [-0.2, -0.15) is 0 Å². The summed E-state index contributed by atoms with van der Waals surface area (Å²) in [4.78, 5) is 26.5. The van der Waals surface area contributed by atoms with Crippen LogP contribution >= 0.6 is 39.1 Å². The van der Waals surface area contributed by atoms with Gasteiger partial charge in [0.25, 0.3) is 0 Å². The molecule has 1 fully saturated rings. The molecule has 0 bridgehead atoms. The van der Waals surface area contributed by atoms with Crippen molar-refractivity contribution in [2.45, 2.75) is 0 Å². The first-order chi connectivity index (χ1) is 16.5. The zero-order chi connectivity index (χ0) is 23.7. The number of anilines is 2. The number of rotatable bonds is 3. The molecule has 1 aliphatic rings. The van der Waals surface area contributed by atoms with Crippen molar-refractivity contribution in [1.29, 1.82) is 0 Å². The van der Waals surface area contributed by atoms with Crippen LogP contribution in [0.2, 0.25) is 10.0 Å². The molecule has 1 N–H and O–H groups in total. The summed E-state index contributed by atoms with van der Waals surface area (Å²) in [5.74, 6) is 1.55. The number of carbonyl (C=O) groups is 1. The lowest BCUT2D eigenvalue weighted by Crippen LogP contribution is -2.50. The SMILES string of the molecule is O=C(Nc1ccc(Cl)cc1Cl)N1CCN(c2nc(-c3cccc(Br)c3)nc3ccccc23)CC1. The maximum atomic E-state index is 12.8. The van der Waals surface area contributed by atoms with Crippen molar-refractivity contribution in [2.75, 3.05) is 36.4 Å². The summed E-state index contributed by atoms with van der Waals surface area (Å²) < 4.78 is 0.976. The van der Waals surface area contributed by atoms with Crippen LogP contribution in [0.5, 0.6) is 0 Å². The van der Waals surface area contributed by atoms with E-state index in [4.69, 9.17) is 33.2 Å². The van der Waals surface area contributed by atoms with Gasteiger partial charge in [0.1, 0.15) is 5.82 Å². The molecule has 9 heteroatoms. The molecule has 2 amide bonds. The summed E-state index contributed by atoms with van der Waals surface area (Å²) in [6.07, 6.45) is 0. The van der Waals surface area contributed by atoms with E-state index in [1.54, 1.807) is 23.1 Å². The number of para-hydroxylation sites is 1. The van der Waals surface area contributed by atoms with Gasteiger partial charge in [-0.05, 0) is 42.5 Å². The summed E-state index contributed by atoms with van der Waals surface area (Å²) in [5, 5.41) is 4.80. The molecule has 6 nitrogen and oxygen atoms in total. The highest BCUT2D eigenvalue weighted by Gasteiger charge is 2.24. The van der Waals surface area contributed by atoms with Crippen LogP contribution in [0.25, 0.3) is 22.3 Å². The van der Waals surface area contributed by atoms with Crippen molar-refractivity contribution < 1.29 is 4.79 Å². The minimum absolute atomic E-state index is 0.189. The minimum Gasteiger partial charge on any atom is -0.352 e. The molecule has 5 rings (SSSR count). The van der Waals surface area contributed by atoms with E-state index in [2.05, 4.69) is 26.1 Å². The van der Waals surface area contributed by atoms with E-state index >= 15 is 0 Å². The Kier molecular flexibility index (Phi) is 6.59. The molecular weight excluding hydrogens is 537 g/mol. The van der Waals surface area contributed by atoms with Gasteiger partial charge in [-0.1, -0.05) is 63.4 Å². The van der Waals surface area contributed by atoms with Crippen LogP contribution in [0.4, 0.5) is 16.3 Å². The summed E-state index contributed by atoms with van der Waals surface area (Å²) in [6.45, 7) is 2.42. The Morgan fingerprint density at radius 2 is 1.71 bits per heavy atom. The molecule has 0 unspecified atom stereocenters. The number of nitrogens with one attached hydrogen (secondary N) is 1. The van der Waals surface area contributed by atoms with Crippen LogP contribution < -0.4 is 10.2 Å². The fourth-order valence-corrected chi connectivity index (χ4v) is 4.82. The van der Waals surface area contributed by atoms with Crippen molar-refractivity contribution in [3.63, 3.8) is 0 Å². The summed E-state index contributed by atoms with van der Waals surface area (Å²) in [7, 11) is 0. The normalized spacial score (nSPS) is 13.9. The number of urea groups is 1. The monoisotopic (exact) mass is 555 g/mol. The van der Waals surface area contributed by atoms with E-state index in [-0.39, 0.29) is 6.03 Å². The first kappa shape index (κ1) is 22.9. The maximum Gasteiger partial charge on any atom is 0.322 e. The van der Waals surface area contributed by atoms with Crippen LogP contribution in [-0.2, 0) is 0 Å². The number of amides is 2. The Labute approximate surface area is 215 Å². The first-order valence-corrected chi connectivity index (χ1v) is 12.3. The van der Waals surface area contributed by atoms with Gasteiger partial charge in [-0.3, -0.25) is 0 Å². The minimum atomic E-state index is -0.189. The van der Waals surface area contributed by atoms with E-state index in [1.165, 1.54) is 0 Å². The number of hydrogen-bond acceptors (Lipinski definition) is 4. The lowest BCUT2D eigenvalue weighted by molar-refractivity contribution is 0.208. The molecule has 2 heterocycles. The van der Waals surface area contributed by atoms with Crippen LogP contribution in [0.15, 0.2) is 71.2 Å². The Morgan fingerprint density at radius 3 is 2.47 bits per heavy atom. The fraction of sp³-hybridized carbons (Fsp3) is 0.160. The second kappa shape index (κ2) is 9.78. The third kappa shape index (κ3) is 4.82. The molecule has 4 aromatic rings. The van der Waals surface area contributed by atoms with E-state index in [9.17, 15) is 4.79 Å². The van der Waals surface area contributed by atoms with E-state index in [1.807, 2.05) is 48.5 Å². The van der Waals surface area contributed by atoms with Gasteiger partial charge in [0, 0.05) is 46.6 Å². The molecule has 0 saturated carbocycles. The highest BCUT2D eigenvalue weighted by molar-refractivity contribution is 9.10. The van der Waals surface area contributed by atoms with E-state index in [0.29, 0.717) is 47.7 Å². The van der Waals surface area contributed by atoms with Crippen molar-refractivity contribution in [3.05, 3.63) is 81.2 Å². The number of carbonyl (C=O) groups excluding carboxylic acids is 1. The molecular formula is C25H20BrCl2N5O. The van der Waals surface area contributed by atoms with Crippen LogP contribution in [0.3, 0.4) is 0 Å². The Balaban J connectivity index is 1.36. The average Bonchev–Trinajstić information content (AvgIpc) is 2.85. The van der Waals surface area contributed by atoms with Crippen molar-refractivity contribution in [2.24, 2.45) is 0 Å². The molecule has 0 radical (unpaired) electrons. The zero-order valence-electron chi connectivity index (χ0n) is 18.0. The lowest BCUT2D eigenvalue weighted by atomic mass is 10.1. The number of nitrogens with zero attached hydrogens (tertiary/aromatic N) is 4. The van der Waals surface area contributed by atoms with Gasteiger partial charge in [-0.25, -0.2) is 14.8 Å². The number of benzene rings is 3. The highest BCUT2D eigenvalue weighted by Crippen LogP contribution is 2.30. The summed E-state index contributed by atoms with van der Waals surface area (Å²) in [5.41, 5.74) is 2.37. The van der Waals surface area contributed by atoms with Gasteiger partial charge in [0.15, 0.2) is 5.82 Å². The van der Waals surface area contributed by atoms with E-state index in [0.717, 1.165) is 26.8 Å². The molecule has 1 saturated heterocycles. The molecule has 1 aromatic heterocycles. The van der Waals surface area contributed by atoms with Gasteiger partial charge < -0.3 is 15.1 Å². The van der Waals surface area contributed by atoms with Crippen molar-refractivity contribution in [3.8, 4) is 11.4 Å². The predicted octanol–water partition coefficient (Wildman–Crippen LogP) is 6.72. The van der Waals surface area contributed by atoms with Crippen LogP contribution in [-0.4, -0.2) is 47.1 Å². The van der Waals surface area contributed by atoms with Crippen LogP contribution in [0.1, 0.15) is 0 Å². The van der Waals surface area contributed by atoms with Gasteiger partial charge in [0.05, 0.1) is 16.2 Å². The molecule has 172 valence electrons. The Hall–Kier alpha value is -2.87. The fourth-order valence-electron chi connectivity index (χ4n) is 3.96. The van der Waals surface area contributed by atoms with Gasteiger partial charge >= 0.3 is 6.03 Å². The predicted molar refractivity (Wildman–Crippen MR) is 142 cm³/mol. The maximum absolute atomic E-state index is 12.8. The zero-order valence-corrected chi connectivity index (χ0v) is 21.1. The third-order valence-electron chi connectivity index (χ3n) is 5.71. The van der Waals surface area contributed by atoms with Crippen molar-refractivity contribution in [1.82, 2.24) is 14.9 Å². The topological polar surface area (TPSA) is 61.4 Å². The number of fused-ring (bicyclic) bond motifs is 1. The number of hydrogen-bond donors (Lipinski definition) is 1. The number of piperazine rings is 1.